The summed E-state index contributed by atoms with van der Waals surface area (Å²) in [7, 11) is 0. The van der Waals surface area contributed by atoms with E-state index in [2.05, 4.69) is 33.8 Å². The molecule has 53 heavy (non-hydrogen) atoms. The van der Waals surface area contributed by atoms with Gasteiger partial charge in [-0.3, -0.25) is 0 Å². The summed E-state index contributed by atoms with van der Waals surface area (Å²) in [5, 5.41) is 87.3. The van der Waals surface area contributed by atoms with E-state index in [0.717, 1.165) is 38.7 Å². The largest absolute Gasteiger partial charge is 0.394 e. The Morgan fingerprint density at radius 1 is 0.830 bits per heavy atom. The average Bonchev–Trinajstić information content (AvgIpc) is 3.56. The van der Waals surface area contributed by atoms with Crippen LogP contribution in [0.1, 0.15) is 86.0 Å². The van der Waals surface area contributed by atoms with Crippen molar-refractivity contribution in [1.82, 2.24) is 0 Å². The van der Waals surface area contributed by atoms with Crippen molar-refractivity contribution in [3.8, 4) is 0 Å². The Labute approximate surface area is 311 Å². The topological polar surface area (TPSA) is 217 Å². The summed E-state index contributed by atoms with van der Waals surface area (Å²) >= 11 is 0. The van der Waals surface area contributed by atoms with Crippen LogP contribution in [0, 0.1) is 40.4 Å². The van der Waals surface area contributed by atoms with Crippen molar-refractivity contribution in [2.24, 2.45) is 40.4 Å². The van der Waals surface area contributed by atoms with Gasteiger partial charge in [-0.1, -0.05) is 39.3 Å². The van der Waals surface area contributed by atoms with Gasteiger partial charge >= 0.3 is 0 Å². The zero-order chi connectivity index (χ0) is 38.0. The summed E-state index contributed by atoms with van der Waals surface area (Å²) < 4.78 is 37.1. The lowest BCUT2D eigenvalue weighted by atomic mass is 9.45. The van der Waals surface area contributed by atoms with Gasteiger partial charge in [-0.15, -0.1) is 0 Å². The summed E-state index contributed by atoms with van der Waals surface area (Å²) in [6, 6.07) is 0. The van der Waals surface area contributed by atoms with Gasteiger partial charge in [0, 0.05) is 24.2 Å². The molecule has 3 saturated carbocycles. The Morgan fingerprint density at radius 3 is 2.28 bits per heavy atom. The molecule has 4 aliphatic heterocycles. The van der Waals surface area contributed by atoms with Crippen molar-refractivity contribution in [1.29, 1.82) is 0 Å². The lowest BCUT2D eigenvalue weighted by molar-refractivity contribution is -0.375. The van der Waals surface area contributed by atoms with Crippen LogP contribution >= 0.6 is 0 Å². The molecule has 14 nitrogen and oxygen atoms in total. The molecule has 14 heteroatoms. The SMILES string of the molecule is C[C@@H]1CC[C@@]2(OC1)O[C@H]1C[C@H]3C4=CC[C@@]5(O)C[C@@H](O[C@@H]6O[C@H](CO)[C@@H](O)[C@H](O)[C@H]6O[C@@H]6O[C@@H](C)[C@H](O)[C@@H](O)[C@H]6O)[C@H](O)C[C@]5(C)[C@H]4CC[C@]3(C)[C@H]1[C@@H]2C. The molecular weight excluding hydrogens is 692 g/mol. The lowest BCUT2D eigenvalue weighted by Gasteiger charge is -2.62. The van der Waals surface area contributed by atoms with Crippen LogP contribution < -0.4 is 0 Å². The number of aliphatic hydroxyl groups is 8. The molecule has 8 aliphatic rings. The molecule has 1 spiro atoms. The van der Waals surface area contributed by atoms with E-state index in [1.807, 2.05) is 0 Å². The Morgan fingerprint density at radius 2 is 1.58 bits per heavy atom. The maximum absolute atomic E-state index is 12.6. The summed E-state index contributed by atoms with van der Waals surface area (Å²) in [5.41, 5.74) is -0.497. The van der Waals surface area contributed by atoms with Gasteiger partial charge in [0.25, 0.3) is 0 Å². The summed E-state index contributed by atoms with van der Waals surface area (Å²) in [4.78, 5) is 0. The number of aliphatic hydroxyl groups excluding tert-OH is 7. The summed E-state index contributed by atoms with van der Waals surface area (Å²) in [6.45, 7) is 10.6. The van der Waals surface area contributed by atoms with Crippen molar-refractivity contribution in [3.63, 3.8) is 0 Å². The molecule has 8 rings (SSSR count). The Hall–Kier alpha value is -0.820. The second-order valence-corrected chi connectivity index (χ2v) is 18.6. The molecule has 0 aromatic heterocycles. The highest BCUT2D eigenvalue weighted by Gasteiger charge is 2.70. The number of fused-ring (bicyclic) bond motifs is 7. The van der Waals surface area contributed by atoms with E-state index in [0.29, 0.717) is 24.2 Å². The van der Waals surface area contributed by atoms with Crippen LogP contribution in [-0.4, -0.2) is 145 Å². The number of allylic oxidation sites excluding steroid dienone is 1. The summed E-state index contributed by atoms with van der Waals surface area (Å²) in [5.74, 6) is 1.07. The first-order valence-corrected chi connectivity index (χ1v) is 20.0. The molecule has 0 radical (unpaired) electrons. The Balaban J connectivity index is 1.01. The van der Waals surface area contributed by atoms with Crippen LogP contribution in [0.15, 0.2) is 11.6 Å². The molecule has 0 amide bonds. The molecule has 8 N–H and O–H groups in total. The highest BCUT2D eigenvalue weighted by molar-refractivity contribution is 5.32. The third kappa shape index (κ3) is 5.87. The fraction of sp³-hybridized carbons (Fsp3) is 0.949. The van der Waals surface area contributed by atoms with Crippen molar-refractivity contribution >= 4 is 0 Å². The molecule has 0 aromatic carbocycles. The van der Waals surface area contributed by atoms with E-state index in [4.69, 9.17) is 28.4 Å². The molecule has 0 aromatic rings. The second-order valence-electron chi connectivity index (χ2n) is 18.6. The van der Waals surface area contributed by atoms with Gasteiger partial charge in [-0.05, 0) is 74.5 Å². The van der Waals surface area contributed by atoms with E-state index in [9.17, 15) is 40.9 Å². The third-order valence-corrected chi connectivity index (χ3v) is 15.7. The van der Waals surface area contributed by atoms with Crippen molar-refractivity contribution < 1.29 is 69.3 Å². The van der Waals surface area contributed by atoms with Crippen LogP contribution in [0.5, 0.6) is 0 Å². The predicted molar refractivity (Wildman–Crippen MR) is 184 cm³/mol. The number of hydrogen-bond acceptors (Lipinski definition) is 14. The highest BCUT2D eigenvalue weighted by atomic mass is 16.8. The zero-order valence-corrected chi connectivity index (χ0v) is 31.6. The second kappa shape index (κ2) is 13.6. The zero-order valence-electron chi connectivity index (χ0n) is 31.6. The molecule has 4 heterocycles. The molecule has 4 aliphatic carbocycles. The smallest absolute Gasteiger partial charge is 0.187 e. The Kier molecular flexibility index (Phi) is 10.0. The molecule has 0 bridgehead atoms. The number of ether oxygens (including phenoxy) is 6. The van der Waals surface area contributed by atoms with E-state index in [1.54, 1.807) is 0 Å². The quantitative estimate of drug-likeness (QED) is 0.179. The minimum absolute atomic E-state index is 0.0383. The predicted octanol–water partition coefficient (Wildman–Crippen LogP) is 0.476. The van der Waals surface area contributed by atoms with Gasteiger partial charge < -0.3 is 69.3 Å². The molecule has 4 saturated heterocycles. The van der Waals surface area contributed by atoms with E-state index in [-0.39, 0.29) is 36.2 Å². The lowest BCUT2D eigenvalue weighted by Crippen LogP contribution is -2.66. The fourth-order valence-electron chi connectivity index (χ4n) is 12.4. The van der Waals surface area contributed by atoms with Crippen molar-refractivity contribution in [2.75, 3.05) is 13.2 Å². The van der Waals surface area contributed by atoms with E-state index in [1.165, 1.54) is 12.5 Å². The van der Waals surface area contributed by atoms with Gasteiger partial charge in [-0.2, -0.15) is 0 Å². The third-order valence-electron chi connectivity index (χ3n) is 15.7. The van der Waals surface area contributed by atoms with Crippen LogP contribution in [0.25, 0.3) is 0 Å². The maximum atomic E-state index is 12.6. The van der Waals surface area contributed by atoms with E-state index >= 15 is 0 Å². The molecule has 7 fully saturated rings. The number of rotatable bonds is 5. The Bertz CT molecular complexity index is 1390. The van der Waals surface area contributed by atoms with Gasteiger partial charge in [0.05, 0.1) is 43.2 Å². The molecular formula is C39H62O14. The monoisotopic (exact) mass is 754 g/mol. The van der Waals surface area contributed by atoms with Crippen molar-refractivity contribution in [3.05, 3.63) is 11.6 Å². The minimum atomic E-state index is -1.70. The number of hydrogen-bond donors (Lipinski definition) is 8. The highest BCUT2D eigenvalue weighted by Crippen LogP contribution is 2.71. The minimum Gasteiger partial charge on any atom is -0.394 e. The van der Waals surface area contributed by atoms with Gasteiger partial charge in [0.1, 0.15) is 42.7 Å². The van der Waals surface area contributed by atoms with Crippen molar-refractivity contribution in [2.45, 2.75) is 177 Å². The van der Waals surface area contributed by atoms with Gasteiger partial charge in [0.15, 0.2) is 18.4 Å². The van der Waals surface area contributed by atoms with Crippen LogP contribution in [0.4, 0.5) is 0 Å². The van der Waals surface area contributed by atoms with Gasteiger partial charge in [-0.25, -0.2) is 0 Å². The normalized spacial score (nSPS) is 59.5. The average molecular weight is 755 g/mol. The molecule has 0 unspecified atom stereocenters. The molecule has 302 valence electrons. The van der Waals surface area contributed by atoms with Crippen LogP contribution in [0.3, 0.4) is 0 Å². The fourth-order valence-corrected chi connectivity index (χ4v) is 12.4. The first kappa shape index (κ1) is 39.0. The first-order chi connectivity index (χ1) is 25.0. The van der Waals surface area contributed by atoms with Gasteiger partial charge in [0.2, 0.25) is 0 Å². The molecule has 22 atom stereocenters. The maximum Gasteiger partial charge on any atom is 0.187 e. The first-order valence-electron chi connectivity index (χ1n) is 20.0. The van der Waals surface area contributed by atoms with E-state index < -0.39 is 97.0 Å². The standard InChI is InChI=1S/C39H62O14/c1-17-6-11-39(48-16-17)18(2)27-24(53-39)12-22-20-7-10-38(47)14-25(23(41)13-37(38,5)21(20)8-9-36(22,27)4)50-35-33(31(45)29(43)26(15-40)51-35)52-34-32(46)30(44)28(42)19(3)49-34/h7,17-19,21-35,40-47H,6,8-16H2,1-5H3/t17-,18+,19+,21+,22+,23-,24+,25-,26-,27+,28+,29-,30-,31+,32-,33-,34+,35-,36+,37-,38-,39-/m1/s1. The summed E-state index contributed by atoms with van der Waals surface area (Å²) in [6.07, 6.45) is -8.87. The van der Waals surface area contributed by atoms with Crippen LogP contribution in [-0.2, 0) is 28.4 Å². The van der Waals surface area contributed by atoms with Crippen LogP contribution in [0.2, 0.25) is 0 Å².